The van der Waals surface area contributed by atoms with Crippen LogP contribution in [0.25, 0.3) is 0 Å². The number of phenols is 1. The van der Waals surface area contributed by atoms with Gasteiger partial charge in [-0.3, -0.25) is 24.0 Å². The lowest BCUT2D eigenvalue weighted by atomic mass is 9.84. The molecule has 2 rings (SSSR count). The van der Waals surface area contributed by atoms with Gasteiger partial charge in [-0.25, -0.2) is 0 Å². The molecule has 0 saturated heterocycles. The fourth-order valence-corrected chi connectivity index (χ4v) is 4.91. The number of amides is 5. The number of phenolic OH excluding ortho intramolecular Hbond substituents is 1. The number of rotatable bonds is 15. The highest BCUT2D eigenvalue weighted by Crippen LogP contribution is 2.27. The standard InChI is InChI=1S/C29H46N6O6/c1-17(2)13-23(26(31)38)35-29(41)24(15-19-7-5-4-6-8-19)34-25(37)16-32-27(39)18(3)33-28(40)22(30)14-20-9-11-21(36)12-10-20/h9-12,17-19,22-24,36H,4-8,13-16,30H2,1-3H3,(H2,31,38)(H,32,39)(H,33,40)(H,34,37)(H,35,41)/t18-,22-,23-,24-/m0/s1. The van der Waals surface area contributed by atoms with Gasteiger partial charge in [0.1, 0.15) is 23.9 Å². The lowest BCUT2D eigenvalue weighted by Gasteiger charge is -2.28. The van der Waals surface area contributed by atoms with Gasteiger partial charge in [-0.2, -0.15) is 0 Å². The Morgan fingerprint density at radius 1 is 0.878 bits per heavy atom. The van der Waals surface area contributed by atoms with E-state index >= 15 is 0 Å². The van der Waals surface area contributed by atoms with Crippen LogP contribution in [0.5, 0.6) is 5.75 Å². The Bertz CT molecular complexity index is 1040. The van der Waals surface area contributed by atoms with Crippen molar-refractivity contribution >= 4 is 29.5 Å². The van der Waals surface area contributed by atoms with Gasteiger partial charge in [0.15, 0.2) is 0 Å². The van der Waals surface area contributed by atoms with Crippen molar-refractivity contribution in [3.05, 3.63) is 29.8 Å². The minimum Gasteiger partial charge on any atom is -0.508 e. The van der Waals surface area contributed by atoms with E-state index < -0.39 is 60.2 Å². The van der Waals surface area contributed by atoms with Gasteiger partial charge in [0, 0.05) is 0 Å². The van der Waals surface area contributed by atoms with Crippen LogP contribution in [0, 0.1) is 11.8 Å². The number of carbonyl (C=O) groups excluding carboxylic acids is 5. The number of nitrogens with two attached hydrogens (primary N) is 2. The first kappa shape index (κ1) is 33.5. The van der Waals surface area contributed by atoms with Gasteiger partial charge < -0.3 is 37.8 Å². The summed E-state index contributed by atoms with van der Waals surface area (Å²) in [5, 5.41) is 19.8. The average molecular weight is 575 g/mol. The second-order valence-corrected chi connectivity index (χ2v) is 11.4. The fraction of sp³-hybridized carbons (Fsp3) is 0.621. The molecule has 41 heavy (non-hydrogen) atoms. The van der Waals surface area contributed by atoms with E-state index in [9.17, 15) is 29.1 Å². The largest absolute Gasteiger partial charge is 0.508 e. The zero-order chi connectivity index (χ0) is 30.5. The molecule has 1 aliphatic carbocycles. The quantitative estimate of drug-likeness (QED) is 0.156. The number of carbonyl (C=O) groups is 5. The van der Waals surface area contributed by atoms with Crippen LogP contribution in [-0.4, -0.2) is 65.4 Å². The molecule has 9 N–H and O–H groups in total. The highest BCUT2D eigenvalue weighted by atomic mass is 16.3. The zero-order valence-electron chi connectivity index (χ0n) is 24.3. The Morgan fingerprint density at radius 3 is 2.10 bits per heavy atom. The first-order valence-electron chi connectivity index (χ1n) is 14.4. The Labute approximate surface area is 241 Å². The van der Waals surface area contributed by atoms with E-state index in [1.807, 2.05) is 13.8 Å². The molecular weight excluding hydrogens is 528 g/mol. The van der Waals surface area contributed by atoms with Gasteiger partial charge in [0.2, 0.25) is 29.5 Å². The van der Waals surface area contributed by atoms with E-state index in [0.29, 0.717) is 12.8 Å². The predicted molar refractivity (Wildman–Crippen MR) is 154 cm³/mol. The van der Waals surface area contributed by atoms with E-state index in [1.54, 1.807) is 12.1 Å². The monoisotopic (exact) mass is 574 g/mol. The normalized spacial score (nSPS) is 16.6. The average Bonchev–Trinajstić information content (AvgIpc) is 2.92. The molecule has 4 atom stereocenters. The maximum Gasteiger partial charge on any atom is 0.243 e. The summed E-state index contributed by atoms with van der Waals surface area (Å²) in [6.45, 7) is 4.90. The summed E-state index contributed by atoms with van der Waals surface area (Å²) in [4.78, 5) is 62.8. The molecule has 0 aliphatic heterocycles. The van der Waals surface area contributed by atoms with Crippen molar-refractivity contribution in [3.63, 3.8) is 0 Å². The van der Waals surface area contributed by atoms with E-state index in [1.165, 1.54) is 19.1 Å². The van der Waals surface area contributed by atoms with E-state index in [0.717, 1.165) is 37.7 Å². The third kappa shape index (κ3) is 12.2. The first-order valence-corrected chi connectivity index (χ1v) is 14.4. The van der Waals surface area contributed by atoms with Crippen LogP contribution < -0.4 is 32.7 Å². The van der Waals surface area contributed by atoms with Crippen LogP contribution in [0.3, 0.4) is 0 Å². The molecule has 0 aromatic heterocycles. The summed E-state index contributed by atoms with van der Waals surface area (Å²) in [5.41, 5.74) is 12.2. The molecule has 12 heteroatoms. The smallest absolute Gasteiger partial charge is 0.243 e. The summed E-state index contributed by atoms with van der Waals surface area (Å²) in [6.07, 6.45) is 6.17. The lowest BCUT2D eigenvalue weighted by molar-refractivity contribution is -0.133. The topological polar surface area (TPSA) is 206 Å². The van der Waals surface area contributed by atoms with Gasteiger partial charge in [0.25, 0.3) is 0 Å². The van der Waals surface area contributed by atoms with Crippen molar-refractivity contribution in [2.75, 3.05) is 6.54 Å². The molecule has 12 nitrogen and oxygen atoms in total. The minimum absolute atomic E-state index is 0.100. The van der Waals surface area contributed by atoms with Crippen LogP contribution in [-0.2, 0) is 30.4 Å². The number of hydrogen-bond donors (Lipinski definition) is 7. The Balaban J connectivity index is 1.91. The van der Waals surface area contributed by atoms with Crippen LogP contribution in [0.4, 0.5) is 0 Å². The third-order valence-electron chi connectivity index (χ3n) is 7.22. The molecule has 0 spiro atoms. The van der Waals surface area contributed by atoms with Crippen LogP contribution in [0.15, 0.2) is 24.3 Å². The number of benzene rings is 1. The molecule has 228 valence electrons. The molecule has 5 amide bonds. The van der Waals surface area contributed by atoms with Crippen molar-refractivity contribution in [2.24, 2.45) is 23.3 Å². The zero-order valence-corrected chi connectivity index (χ0v) is 24.3. The Hall–Kier alpha value is -3.67. The number of nitrogens with one attached hydrogen (secondary N) is 4. The second kappa shape index (κ2) is 16.6. The molecule has 1 fully saturated rings. The number of hydrogen-bond acceptors (Lipinski definition) is 7. The molecular formula is C29H46N6O6. The van der Waals surface area contributed by atoms with Gasteiger partial charge in [-0.05, 0) is 55.7 Å². The number of primary amides is 1. The summed E-state index contributed by atoms with van der Waals surface area (Å²) >= 11 is 0. The molecule has 0 bridgehead atoms. The van der Waals surface area contributed by atoms with Crippen molar-refractivity contribution in [2.45, 2.75) is 96.3 Å². The molecule has 1 aromatic carbocycles. The maximum absolute atomic E-state index is 13.1. The van der Waals surface area contributed by atoms with Crippen LogP contribution >= 0.6 is 0 Å². The molecule has 0 heterocycles. The summed E-state index contributed by atoms with van der Waals surface area (Å²) in [6, 6.07) is 2.67. The van der Waals surface area contributed by atoms with Gasteiger partial charge in [-0.1, -0.05) is 58.1 Å². The van der Waals surface area contributed by atoms with Crippen molar-refractivity contribution in [1.82, 2.24) is 21.3 Å². The van der Waals surface area contributed by atoms with Gasteiger partial charge >= 0.3 is 0 Å². The van der Waals surface area contributed by atoms with Gasteiger partial charge in [0.05, 0.1) is 12.6 Å². The molecule has 1 aromatic rings. The van der Waals surface area contributed by atoms with Crippen molar-refractivity contribution in [3.8, 4) is 5.75 Å². The Morgan fingerprint density at radius 2 is 1.51 bits per heavy atom. The molecule has 0 unspecified atom stereocenters. The van der Waals surface area contributed by atoms with Crippen molar-refractivity contribution in [1.29, 1.82) is 0 Å². The highest BCUT2D eigenvalue weighted by molar-refractivity contribution is 5.94. The first-order chi connectivity index (χ1) is 19.3. The van der Waals surface area contributed by atoms with E-state index in [2.05, 4.69) is 21.3 Å². The summed E-state index contributed by atoms with van der Waals surface area (Å²) < 4.78 is 0. The van der Waals surface area contributed by atoms with E-state index in [-0.39, 0.29) is 24.0 Å². The molecule has 1 saturated carbocycles. The molecule has 0 radical (unpaired) electrons. The summed E-state index contributed by atoms with van der Waals surface area (Å²) in [7, 11) is 0. The van der Waals surface area contributed by atoms with E-state index in [4.69, 9.17) is 11.5 Å². The highest BCUT2D eigenvalue weighted by Gasteiger charge is 2.29. The minimum atomic E-state index is -0.963. The second-order valence-electron chi connectivity index (χ2n) is 11.4. The third-order valence-corrected chi connectivity index (χ3v) is 7.22. The van der Waals surface area contributed by atoms with Crippen LogP contribution in [0.1, 0.15) is 71.3 Å². The summed E-state index contributed by atoms with van der Waals surface area (Å²) in [5.74, 6) is -2.35. The maximum atomic E-state index is 13.1. The number of aromatic hydroxyl groups is 1. The fourth-order valence-electron chi connectivity index (χ4n) is 4.91. The van der Waals surface area contributed by atoms with Gasteiger partial charge in [-0.15, -0.1) is 0 Å². The SMILES string of the molecule is CC(C)C[C@H](NC(=O)[C@H](CC1CCCCC1)NC(=O)CNC(=O)[C@H](C)NC(=O)[C@@H](N)Cc1ccc(O)cc1)C(N)=O. The molecule has 1 aliphatic rings. The van der Waals surface area contributed by atoms with Crippen molar-refractivity contribution < 1.29 is 29.1 Å². The van der Waals surface area contributed by atoms with Crippen LogP contribution in [0.2, 0.25) is 0 Å². The predicted octanol–water partition coefficient (Wildman–Crippen LogP) is 0.354. The lowest BCUT2D eigenvalue weighted by Crippen LogP contribution is -2.55. The Kier molecular flexibility index (Phi) is 13.5.